The Morgan fingerprint density at radius 2 is 2.35 bits per heavy atom. The molecule has 1 fully saturated rings. The highest BCUT2D eigenvalue weighted by atomic mass is 32.1. The minimum atomic E-state index is 0.0287. The van der Waals surface area contributed by atoms with Crippen molar-refractivity contribution < 1.29 is 9.53 Å². The van der Waals surface area contributed by atoms with E-state index >= 15 is 0 Å². The quantitative estimate of drug-likeness (QED) is 0.899. The van der Waals surface area contributed by atoms with Crippen molar-refractivity contribution >= 4 is 17.2 Å². The average Bonchev–Trinajstić information content (AvgIpc) is 2.85. The van der Waals surface area contributed by atoms with Crippen LogP contribution < -0.4 is 10.1 Å². The van der Waals surface area contributed by atoms with E-state index in [0.29, 0.717) is 11.5 Å². The van der Waals surface area contributed by atoms with E-state index in [1.807, 2.05) is 5.38 Å². The molecule has 0 bridgehead atoms. The van der Waals surface area contributed by atoms with Crippen molar-refractivity contribution in [3.63, 3.8) is 0 Å². The topological polar surface area (TPSA) is 38.3 Å². The number of hydrogen-bond donors (Lipinski definition) is 1. The van der Waals surface area contributed by atoms with Crippen LogP contribution in [0.25, 0.3) is 0 Å². The first-order chi connectivity index (χ1) is 8.00. The molecule has 0 radical (unpaired) electrons. The summed E-state index contributed by atoms with van der Waals surface area (Å²) in [5.41, 5.74) is 0.366. The largest absolute Gasteiger partial charge is 0.496 e. The summed E-state index contributed by atoms with van der Waals surface area (Å²) in [6, 6.07) is 2.12. The van der Waals surface area contributed by atoms with E-state index in [-0.39, 0.29) is 5.91 Å². The second-order valence-electron chi connectivity index (χ2n) is 5.43. The van der Waals surface area contributed by atoms with Gasteiger partial charge in [0.15, 0.2) is 0 Å². The normalized spacial score (nSPS) is 22.4. The first-order valence-corrected chi connectivity index (χ1v) is 6.81. The van der Waals surface area contributed by atoms with Crippen LogP contribution in [0.2, 0.25) is 0 Å². The molecule has 1 atom stereocenters. The lowest BCUT2D eigenvalue weighted by Gasteiger charge is -2.17. The lowest BCUT2D eigenvalue weighted by molar-refractivity contribution is 0.0940. The summed E-state index contributed by atoms with van der Waals surface area (Å²) in [6.45, 7) is 4.51. The fourth-order valence-electron chi connectivity index (χ4n) is 2.36. The predicted molar refractivity (Wildman–Crippen MR) is 69.8 cm³/mol. The first-order valence-electron chi connectivity index (χ1n) is 5.93. The molecular weight excluding hydrogens is 234 g/mol. The number of thiophene rings is 1. The molecule has 0 saturated heterocycles. The standard InChI is InChI=1S/C13H19NO2S/c1-13(2)5-4-9(7-13)14-12(15)11-6-10(16-3)8-17-11/h6,8-9H,4-5,7H2,1-3H3,(H,14,15). The zero-order valence-corrected chi connectivity index (χ0v) is 11.4. The molecule has 4 heteroatoms. The van der Waals surface area contributed by atoms with E-state index in [9.17, 15) is 4.79 Å². The lowest BCUT2D eigenvalue weighted by Crippen LogP contribution is -2.32. The number of nitrogens with one attached hydrogen (secondary N) is 1. The maximum Gasteiger partial charge on any atom is 0.261 e. The third kappa shape index (κ3) is 3.00. The second-order valence-corrected chi connectivity index (χ2v) is 6.34. The van der Waals surface area contributed by atoms with Crippen LogP contribution in [-0.2, 0) is 0 Å². The van der Waals surface area contributed by atoms with Crippen LogP contribution in [0.1, 0.15) is 42.8 Å². The van der Waals surface area contributed by atoms with Crippen LogP contribution in [0.4, 0.5) is 0 Å². The highest BCUT2D eigenvalue weighted by molar-refractivity contribution is 7.12. The summed E-state index contributed by atoms with van der Waals surface area (Å²) in [6.07, 6.45) is 3.34. The molecule has 2 rings (SSSR count). The summed E-state index contributed by atoms with van der Waals surface area (Å²) in [7, 11) is 1.61. The Balaban J connectivity index is 1.93. The van der Waals surface area contributed by atoms with Crippen molar-refractivity contribution in [2.24, 2.45) is 5.41 Å². The molecule has 1 aromatic rings. The number of carbonyl (C=O) groups excluding carboxylic acids is 1. The Bertz CT molecular complexity index is 411. The molecule has 1 saturated carbocycles. The number of hydrogen-bond acceptors (Lipinski definition) is 3. The van der Waals surface area contributed by atoms with Crippen LogP contribution in [-0.4, -0.2) is 19.1 Å². The lowest BCUT2D eigenvalue weighted by atomic mass is 9.92. The van der Waals surface area contributed by atoms with E-state index in [1.54, 1.807) is 13.2 Å². The maximum absolute atomic E-state index is 12.0. The molecule has 1 unspecified atom stereocenters. The van der Waals surface area contributed by atoms with Gasteiger partial charge in [0.25, 0.3) is 5.91 Å². The average molecular weight is 253 g/mol. The predicted octanol–water partition coefficient (Wildman–Crippen LogP) is 3.07. The van der Waals surface area contributed by atoms with Gasteiger partial charge in [-0.25, -0.2) is 0 Å². The van der Waals surface area contributed by atoms with Crippen molar-refractivity contribution in [2.45, 2.75) is 39.2 Å². The number of methoxy groups -OCH3 is 1. The van der Waals surface area contributed by atoms with Gasteiger partial charge in [-0.3, -0.25) is 4.79 Å². The zero-order chi connectivity index (χ0) is 12.5. The van der Waals surface area contributed by atoms with Crippen molar-refractivity contribution in [2.75, 3.05) is 7.11 Å². The number of carbonyl (C=O) groups is 1. The van der Waals surface area contributed by atoms with E-state index in [2.05, 4.69) is 19.2 Å². The first kappa shape index (κ1) is 12.4. The Morgan fingerprint density at radius 3 is 2.88 bits per heavy atom. The molecule has 1 heterocycles. The molecule has 3 nitrogen and oxygen atoms in total. The highest BCUT2D eigenvalue weighted by Gasteiger charge is 2.31. The van der Waals surface area contributed by atoms with Crippen LogP contribution in [0.15, 0.2) is 11.4 Å². The van der Waals surface area contributed by atoms with Gasteiger partial charge in [-0.2, -0.15) is 0 Å². The number of amides is 1. The zero-order valence-electron chi connectivity index (χ0n) is 10.6. The van der Waals surface area contributed by atoms with Gasteiger partial charge in [-0.05, 0) is 24.7 Å². The molecule has 1 amide bonds. The van der Waals surface area contributed by atoms with Gasteiger partial charge in [0, 0.05) is 17.5 Å². The molecule has 0 aromatic carbocycles. The molecule has 1 aromatic heterocycles. The van der Waals surface area contributed by atoms with Crippen molar-refractivity contribution in [1.82, 2.24) is 5.32 Å². The summed E-state index contributed by atoms with van der Waals surface area (Å²) in [4.78, 5) is 12.7. The highest BCUT2D eigenvalue weighted by Crippen LogP contribution is 2.37. The smallest absolute Gasteiger partial charge is 0.261 e. The van der Waals surface area contributed by atoms with Crippen molar-refractivity contribution in [1.29, 1.82) is 0 Å². The Kier molecular flexibility index (Phi) is 3.43. The van der Waals surface area contributed by atoms with Crippen LogP contribution >= 0.6 is 11.3 Å². The van der Waals surface area contributed by atoms with Gasteiger partial charge >= 0.3 is 0 Å². The molecule has 0 aliphatic heterocycles. The van der Waals surface area contributed by atoms with Gasteiger partial charge in [-0.1, -0.05) is 13.8 Å². The molecule has 1 N–H and O–H groups in total. The number of rotatable bonds is 3. The Labute approximate surface area is 106 Å². The van der Waals surface area contributed by atoms with Crippen LogP contribution in [0, 0.1) is 5.41 Å². The molecule has 1 aliphatic rings. The monoisotopic (exact) mass is 253 g/mol. The van der Waals surface area contributed by atoms with Gasteiger partial charge in [0.1, 0.15) is 5.75 Å². The summed E-state index contributed by atoms with van der Waals surface area (Å²) in [5.74, 6) is 0.785. The minimum absolute atomic E-state index is 0.0287. The van der Waals surface area contributed by atoms with Gasteiger partial charge in [-0.15, -0.1) is 11.3 Å². The van der Waals surface area contributed by atoms with Crippen molar-refractivity contribution in [3.05, 3.63) is 16.3 Å². The SMILES string of the molecule is COc1csc(C(=O)NC2CCC(C)(C)C2)c1. The van der Waals surface area contributed by atoms with Crippen LogP contribution in [0.5, 0.6) is 5.75 Å². The van der Waals surface area contributed by atoms with Gasteiger partial charge in [0.2, 0.25) is 0 Å². The van der Waals surface area contributed by atoms with Gasteiger partial charge < -0.3 is 10.1 Å². The molecule has 1 aliphatic carbocycles. The Hall–Kier alpha value is -1.03. The molecule has 94 valence electrons. The van der Waals surface area contributed by atoms with Crippen molar-refractivity contribution in [3.8, 4) is 5.75 Å². The minimum Gasteiger partial charge on any atom is -0.496 e. The van der Waals surface area contributed by atoms with Gasteiger partial charge in [0.05, 0.1) is 12.0 Å². The summed E-state index contributed by atoms with van der Waals surface area (Å²) in [5, 5.41) is 4.96. The molecule has 17 heavy (non-hydrogen) atoms. The van der Waals surface area contributed by atoms with E-state index < -0.39 is 0 Å². The molecule has 0 spiro atoms. The molecular formula is C13H19NO2S. The third-order valence-electron chi connectivity index (χ3n) is 3.34. The summed E-state index contributed by atoms with van der Waals surface area (Å²) >= 11 is 1.43. The Morgan fingerprint density at radius 1 is 1.59 bits per heavy atom. The van der Waals surface area contributed by atoms with Crippen LogP contribution in [0.3, 0.4) is 0 Å². The maximum atomic E-state index is 12.0. The second kappa shape index (κ2) is 4.69. The fourth-order valence-corrected chi connectivity index (χ4v) is 3.12. The summed E-state index contributed by atoms with van der Waals surface area (Å²) < 4.78 is 5.08. The third-order valence-corrected chi connectivity index (χ3v) is 4.25. The van der Waals surface area contributed by atoms with E-state index in [4.69, 9.17) is 4.74 Å². The fraction of sp³-hybridized carbons (Fsp3) is 0.615. The number of ether oxygens (including phenoxy) is 1. The van der Waals surface area contributed by atoms with E-state index in [1.165, 1.54) is 17.8 Å². The van der Waals surface area contributed by atoms with E-state index in [0.717, 1.165) is 23.5 Å².